The first-order valence-corrected chi connectivity index (χ1v) is 5.64. The van der Waals surface area contributed by atoms with Gasteiger partial charge in [0.1, 0.15) is 5.82 Å². The van der Waals surface area contributed by atoms with E-state index in [1.807, 2.05) is 0 Å². The van der Waals surface area contributed by atoms with Gasteiger partial charge in [0.15, 0.2) is 0 Å². The number of aryl methyl sites for hydroxylation is 1. The molecule has 1 unspecified atom stereocenters. The second-order valence-electron chi connectivity index (χ2n) is 4.23. The SMILES string of the molecule is O=C(O)CCc1nc(N2CC(CO)CC2=O)n[nH]1. The minimum atomic E-state index is -0.912. The number of nitrogens with zero attached hydrogens (tertiary/aromatic N) is 3. The molecule has 98 valence electrons. The highest BCUT2D eigenvalue weighted by Crippen LogP contribution is 2.21. The van der Waals surface area contributed by atoms with Gasteiger partial charge in [-0.2, -0.15) is 4.98 Å². The minimum Gasteiger partial charge on any atom is -0.481 e. The molecule has 0 saturated carbocycles. The lowest BCUT2D eigenvalue weighted by Crippen LogP contribution is -2.26. The van der Waals surface area contributed by atoms with E-state index in [-0.39, 0.29) is 43.6 Å². The maximum atomic E-state index is 11.6. The summed E-state index contributed by atoms with van der Waals surface area (Å²) >= 11 is 0. The Bertz CT molecular complexity index is 458. The fraction of sp³-hybridized carbons (Fsp3) is 0.600. The number of carboxylic acids is 1. The molecule has 1 aromatic rings. The van der Waals surface area contributed by atoms with Crippen LogP contribution >= 0.6 is 0 Å². The Morgan fingerprint density at radius 3 is 2.94 bits per heavy atom. The number of rotatable bonds is 5. The van der Waals surface area contributed by atoms with Crippen LogP contribution in [0.4, 0.5) is 5.95 Å². The average Bonchev–Trinajstić information content (AvgIpc) is 2.92. The van der Waals surface area contributed by atoms with Gasteiger partial charge in [0.25, 0.3) is 5.95 Å². The van der Waals surface area contributed by atoms with Crippen LogP contribution in [0.1, 0.15) is 18.7 Å². The smallest absolute Gasteiger partial charge is 0.303 e. The second kappa shape index (κ2) is 5.13. The summed E-state index contributed by atoms with van der Waals surface area (Å²) in [4.78, 5) is 27.5. The fourth-order valence-corrected chi connectivity index (χ4v) is 1.84. The predicted octanol–water partition coefficient (Wildman–Crippen LogP) is -0.833. The molecule has 2 heterocycles. The number of aliphatic hydroxyl groups is 1. The molecule has 0 aromatic carbocycles. The summed E-state index contributed by atoms with van der Waals surface area (Å²) in [6.45, 7) is 0.351. The Balaban J connectivity index is 2.01. The summed E-state index contributed by atoms with van der Waals surface area (Å²) in [6, 6.07) is 0. The van der Waals surface area contributed by atoms with E-state index in [0.717, 1.165) is 0 Å². The first-order valence-electron chi connectivity index (χ1n) is 5.64. The van der Waals surface area contributed by atoms with Crippen LogP contribution in [0.15, 0.2) is 0 Å². The maximum Gasteiger partial charge on any atom is 0.303 e. The molecule has 1 aromatic heterocycles. The number of aliphatic carboxylic acids is 1. The molecular formula is C10H14N4O4. The van der Waals surface area contributed by atoms with Gasteiger partial charge in [0.05, 0.1) is 6.42 Å². The van der Waals surface area contributed by atoms with Gasteiger partial charge < -0.3 is 10.2 Å². The van der Waals surface area contributed by atoms with Crippen LogP contribution in [0, 0.1) is 5.92 Å². The zero-order chi connectivity index (χ0) is 13.1. The van der Waals surface area contributed by atoms with Crippen LogP contribution in [-0.2, 0) is 16.0 Å². The molecule has 2 rings (SSSR count). The van der Waals surface area contributed by atoms with Gasteiger partial charge in [-0.1, -0.05) is 0 Å². The number of carbonyl (C=O) groups is 2. The van der Waals surface area contributed by atoms with Gasteiger partial charge in [-0.15, -0.1) is 5.10 Å². The molecule has 0 bridgehead atoms. The van der Waals surface area contributed by atoms with E-state index in [9.17, 15) is 9.59 Å². The Labute approximate surface area is 103 Å². The van der Waals surface area contributed by atoms with Gasteiger partial charge in [0.2, 0.25) is 5.91 Å². The monoisotopic (exact) mass is 254 g/mol. The normalized spacial score (nSPS) is 19.5. The molecule has 1 aliphatic heterocycles. The third kappa shape index (κ3) is 2.65. The highest BCUT2D eigenvalue weighted by Gasteiger charge is 2.32. The van der Waals surface area contributed by atoms with Crippen molar-refractivity contribution in [3.8, 4) is 0 Å². The fourth-order valence-electron chi connectivity index (χ4n) is 1.84. The molecule has 1 atom stereocenters. The van der Waals surface area contributed by atoms with Crippen LogP contribution in [0.5, 0.6) is 0 Å². The van der Waals surface area contributed by atoms with Crippen molar-refractivity contribution in [2.45, 2.75) is 19.3 Å². The molecular weight excluding hydrogens is 240 g/mol. The van der Waals surface area contributed by atoms with Crippen LogP contribution in [-0.4, -0.2) is 50.4 Å². The van der Waals surface area contributed by atoms with Gasteiger partial charge in [-0.05, 0) is 0 Å². The first kappa shape index (κ1) is 12.5. The highest BCUT2D eigenvalue weighted by molar-refractivity contribution is 5.94. The van der Waals surface area contributed by atoms with Gasteiger partial charge in [-0.25, -0.2) is 0 Å². The van der Waals surface area contributed by atoms with E-state index >= 15 is 0 Å². The van der Waals surface area contributed by atoms with Gasteiger partial charge in [-0.3, -0.25) is 19.6 Å². The van der Waals surface area contributed by atoms with E-state index in [0.29, 0.717) is 12.4 Å². The number of carbonyl (C=O) groups excluding carboxylic acids is 1. The number of hydrogen-bond donors (Lipinski definition) is 3. The van der Waals surface area contributed by atoms with Crippen LogP contribution in [0.3, 0.4) is 0 Å². The first-order chi connectivity index (χ1) is 8.60. The Morgan fingerprint density at radius 1 is 1.56 bits per heavy atom. The van der Waals surface area contributed by atoms with E-state index < -0.39 is 5.97 Å². The average molecular weight is 254 g/mol. The number of anilines is 1. The summed E-state index contributed by atoms with van der Waals surface area (Å²) in [5.74, 6) is -0.439. The molecule has 0 radical (unpaired) electrons. The molecule has 1 amide bonds. The van der Waals surface area contributed by atoms with Crippen molar-refractivity contribution in [3.05, 3.63) is 5.82 Å². The third-order valence-corrected chi connectivity index (χ3v) is 2.80. The van der Waals surface area contributed by atoms with Crippen molar-refractivity contribution in [2.24, 2.45) is 5.92 Å². The van der Waals surface area contributed by atoms with E-state index in [2.05, 4.69) is 15.2 Å². The van der Waals surface area contributed by atoms with Gasteiger partial charge >= 0.3 is 5.97 Å². The summed E-state index contributed by atoms with van der Waals surface area (Å²) in [5.41, 5.74) is 0. The van der Waals surface area contributed by atoms with Crippen LogP contribution in [0.25, 0.3) is 0 Å². The summed E-state index contributed by atoms with van der Waals surface area (Å²) < 4.78 is 0. The molecule has 8 nitrogen and oxygen atoms in total. The molecule has 1 saturated heterocycles. The van der Waals surface area contributed by atoms with Crippen molar-refractivity contribution in [2.75, 3.05) is 18.1 Å². The highest BCUT2D eigenvalue weighted by atomic mass is 16.4. The lowest BCUT2D eigenvalue weighted by atomic mass is 10.1. The van der Waals surface area contributed by atoms with Crippen molar-refractivity contribution in [3.63, 3.8) is 0 Å². The molecule has 1 fully saturated rings. The molecule has 0 aliphatic carbocycles. The van der Waals surface area contributed by atoms with Crippen molar-refractivity contribution >= 4 is 17.8 Å². The third-order valence-electron chi connectivity index (χ3n) is 2.80. The molecule has 8 heteroatoms. The second-order valence-corrected chi connectivity index (χ2v) is 4.23. The number of H-pyrrole nitrogens is 1. The zero-order valence-electron chi connectivity index (χ0n) is 9.67. The predicted molar refractivity (Wildman–Crippen MR) is 59.9 cm³/mol. The molecule has 3 N–H and O–H groups in total. The number of aromatic nitrogens is 3. The maximum absolute atomic E-state index is 11.6. The molecule has 0 spiro atoms. The zero-order valence-corrected chi connectivity index (χ0v) is 9.67. The van der Waals surface area contributed by atoms with Crippen LogP contribution in [0.2, 0.25) is 0 Å². The van der Waals surface area contributed by atoms with E-state index in [4.69, 9.17) is 10.2 Å². The summed E-state index contributed by atoms with van der Waals surface area (Å²) in [7, 11) is 0. The number of aromatic amines is 1. The summed E-state index contributed by atoms with van der Waals surface area (Å²) in [6.07, 6.45) is 0.491. The number of aliphatic hydroxyl groups excluding tert-OH is 1. The molecule has 18 heavy (non-hydrogen) atoms. The standard InChI is InChI=1S/C10H14N4O4/c15-5-6-3-8(16)14(4-6)10-11-7(12-13-10)1-2-9(17)18/h6,15H,1-5H2,(H,17,18)(H,11,12,13). The number of nitrogens with one attached hydrogen (secondary N) is 1. The lowest BCUT2D eigenvalue weighted by Gasteiger charge is -2.10. The topological polar surface area (TPSA) is 119 Å². The van der Waals surface area contributed by atoms with Crippen molar-refractivity contribution in [1.82, 2.24) is 15.2 Å². The molecule has 1 aliphatic rings. The minimum absolute atomic E-state index is 0.0398. The quantitative estimate of drug-likeness (QED) is 0.630. The van der Waals surface area contributed by atoms with Crippen molar-refractivity contribution < 1.29 is 19.8 Å². The number of amides is 1. The Morgan fingerprint density at radius 2 is 2.33 bits per heavy atom. The van der Waals surface area contributed by atoms with Crippen LogP contribution < -0.4 is 4.90 Å². The number of hydrogen-bond acceptors (Lipinski definition) is 5. The number of carboxylic acid groups (broad SMARTS) is 1. The Kier molecular flexibility index (Phi) is 3.56. The van der Waals surface area contributed by atoms with Gasteiger partial charge in [0, 0.05) is 31.9 Å². The summed E-state index contributed by atoms with van der Waals surface area (Å²) in [5, 5.41) is 24.1. The largest absolute Gasteiger partial charge is 0.481 e. The Hall–Kier alpha value is -1.96. The lowest BCUT2D eigenvalue weighted by molar-refractivity contribution is -0.137. The van der Waals surface area contributed by atoms with E-state index in [1.54, 1.807) is 0 Å². The van der Waals surface area contributed by atoms with Crippen molar-refractivity contribution in [1.29, 1.82) is 0 Å². The van der Waals surface area contributed by atoms with E-state index in [1.165, 1.54) is 4.90 Å².